The van der Waals surface area contributed by atoms with E-state index in [-0.39, 0.29) is 26.8 Å². The van der Waals surface area contributed by atoms with E-state index in [1.807, 2.05) is 0 Å². The number of aromatic nitrogens is 5. The van der Waals surface area contributed by atoms with Crippen LogP contribution < -0.4 is 10.5 Å². The second kappa shape index (κ2) is 5.33. The van der Waals surface area contributed by atoms with Crippen molar-refractivity contribution in [1.29, 1.82) is 0 Å². The maximum atomic E-state index is 12.4. The normalized spacial score (nSPS) is 12.6. The molecule has 0 radical (unpaired) electrons. The Bertz CT molecular complexity index is 788. The molecular weight excluding hydrogens is 368 g/mol. The number of halogens is 1. The van der Waals surface area contributed by atoms with Gasteiger partial charge in [0.05, 0.1) is 11.8 Å². The molecular formula is C8H11BrN8O3S. The van der Waals surface area contributed by atoms with Crippen molar-refractivity contribution in [3.63, 3.8) is 0 Å². The number of nitrogens with zero attached hydrogens (tertiary/aromatic N) is 6. The highest BCUT2D eigenvalue weighted by molar-refractivity contribution is 9.10. The molecule has 13 heteroatoms. The summed E-state index contributed by atoms with van der Waals surface area (Å²) in [4.78, 5) is 0. The molecule has 2 rings (SSSR count). The number of hydrogen-bond acceptors (Lipinski definition) is 7. The van der Waals surface area contributed by atoms with Crippen LogP contribution in [0.4, 0.5) is 5.82 Å². The molecule has 0 saturated carbocycles. The van der Waals surface area contributed by atoms with E-state index in [0.29, 0.717) is 0 Å². The lowest BCUT2D eigenvalue weighted by molar-refractivity contribution is 0.318. The number of aryl methyl sites for hydroxylation is 2. The summed E-state index contributed by atoms with van der Waals surface area (Å²) < 4.78 is 29.5. The zero-order chi connectivity index (χ0) is 15.8. The van der Waals surface area contributed by atoms with Gasteiger partial charge in [0.25, 0.3) is 10.0 Å². The van der Waals surface area contributed by atoms with Gasteiger partial charge in [0, 0.05) is 14.1 Å². The van der Waals surface area contributed by atoms with Gasteiger partial charge in [0.15, 0.2) is 10.4 Å². The van der Waals surface area contributed by atoms with Crippen molar-refractivity contribution >= 4 is 37.6 Å². The van der Waals surface area contributed by atoms with Crippen LogP contribution in [-0.4, -0.2) is 44.2 Å². The SMILES string of the molecule is Cn1ncc(C(N)=NO)c1NS(=O)(=O)c1c(Br)nnn1C. The Morgan fingerprint density at radius 1 is 1.48 bits per heavy atom. The fourth-order valence-corrected chi connectivity index (χ4v) is 3.79. The molecule has 11 nitrogen and oxygen atoms in total. The van der Waals surface area contributed by atoms with Gasteiger partial charge in [-0.25, -0.2) is 4.68 Å². The summed E-state index contributed by atoms with van der Waals surface area (Å²) in [6.45, 7) is 0. The second-order valence-electron chi connectivity index (χ2n) is 3.93. The molecule has 0 aliphatic carbocycles. The number of anilines is 1. The maximum absolute atomic E-state index is 12.4. The summed E-state index contributed by atoms with van der Waals surface area (Å²) in [5, 5.41) is 22.4. The topological polar surface area (TPSA) is 153 Å². The van der Waals surface area contributed by atoms with E-state index in [9.17, 15) is 8.42 Å². The summed E-state index contributed by atoms with van der Waals surface area (Å²) in [7, 11) is -1.07. The molecule has 21 heavy (non-hydrogen) atoms. The predicted octanol–water partition coefficient (Wildman–Crippen LogP) is -0.794. The Labute approximate surface area is 127 Å². The van der Waals surface area contributed by atoms with Gasteiger partial charge in [-0.2, -0.15) is 13.5 Å². The first-order valence-corrected chi connectivity index (χ1v) is 7.63. The molecule has 0 aliphatic rings. The van der Waals surface area contributed by atoms with Crippen LogP contribution in [0.2, 0.25) is 0 Å². The molecule has 0 aromatic carbocycles. The predicted molar refractivity (Wildman–Crippen MR) is 75.2 cm³/mol. The van der Waals surface area contributed by atoms with Crippen molar-refractivity contribution in [2.45, 2.75) is 5.03 Å². The average Bonchev–Trinajstić information content (AvgIpc) is 2.93. The molecule has 114 valence electrons. The van der Waals surface area contributed by atoms with Crippen molar-refractivity contribution in [2.75, 3.05) is 4.72 Å². The lowest BCUT2D eigenvalue weighted by Gasteiger charge is -2.10. The molecule has 0 unspecified atom stereocenters. The summed E-state index contributed by atoms with van der Waals surface area (Å²) in [6.07, 6.45) is 1.27. The molecule has 0 saturated heterocycles. The van der Waals surface area contributed by atoms with Gasteiger partial charge in [-0.3, -0.25) is 9.40 Å². The smallest absolute Gasteiger partial charge is 0.283 e. The molecule has 0 atom stereocenters. The number of nitrogens with one attached hydrogen (secondary N) is 1. The van der Waals surface area contributed by atoms with Gasteiger partial charge in [-0.1, -0.05) is 10.4 Å². The number of sulfonamides is 1. The van der Waals surface area contributed by atoms with Crippen molar-refractivity contribution in [2.24, 2.45) is 25.0 Å². The quantitative estimate of drug-likeness (QED) is 0.272. The zero-order valence-corrected chi connectivity index (χ0v) is 13.3. The third-order valence-electron chi connectivity index (χ3n) is 2.55. The fraction of sp³-hybridized carbons (Fsp3) is 0.250. The summed E-state index contributed by atoms with van der Waals surface area (Å²) >= 11 is 3.01. The van der Waals surface area contributed by atoms with Gasteiger partial charge in [0.1, 0.15) is 5.82 Å². The Morgan fingerprint density at radius 2 is 2.14 bits per heavy atom. The zero-order valence-electron chi connectivity index (χ0n) is 10.9. The molecule has 0 fully saturated rings. The van der Waals surface area contributed by atoms with E-state index in [2.05, 4.69) is 41.2 Å². The highest BCUT2D eigenvalue weighted by atomic mass is 79.9. The number of nitrogens with two attached hydrogens (primary N) is 1. The molecule has 2 aromatic heterocycles. The van der Waals surface area contributed by atoms with Crippen LogP contribution in [0.15, 0.2) is 21.0 Å². The van der Waals surface area contributed by atoms with Crippen LogP contribution in [0.1, 0.15) is 5.56 Å². The van der Waals surface area contributed by atoms with E-state index < -0.39 is 10.0 Å². The van der Waals surface area contributed by atoms with Crippen LogP contribution in [0.5, 0.6) is 0 Å². The van der Waals surface area contributed by atoms with Crippen LogP contribution in [0.25, 0.3) is 0 Å². The minimum absolute atomic E-state index is 0.0402. The summed E-state index contributed by atoms with van der Waals surface area (Å²) in [6, 6.07) is 0. The first kappa shape index (κ1) is 15.2. The van der Waals surface area contributed by atoms with E-state index >= 15 is 0 Å². The monoisotopic (exact) mass is 378 g/mol. The number of rotatable bonds is 4. The summed E-state index contributed by atoms with van der Waals surface area (Å²) in [5.41, 5.74) is 5.61. The first-order valence-electron chi connectivity index (χ1n) is 5.35. The van der Waals surface area contributed by atoms with E-state index in [1.165, 1.54) is 25.0 Å². The van der Waals surface area contributed by atoms with Crippen molar-refractivity contribution in [1.82, 2.24) is 24.8 Å². The minimum atomic E-state index is -4.00. The molecule has 0 aliphatic heterocycles. The van der Waals surface area contributed by atoms with Crippen molar-refractivity contribution in [3.8, 4) is 0 Å². The summed E-state index contributed by atoms with van der Waals surface area (Å²) in [5.74, 6) is -0.235. The van der Waals surface area contributed by atoms with Crippen molar-refractivity contribution < 1.29 is 13.6 Å². The Balaban J connectivity index is 2.50. The van der Waals surface area contributed by atoms with Gasteiger partial charge < -0.3 is 10.9 Å². The molecule has 0 bridgehead atoms. The lowest BCUT2D eigenvalue weighted by atomic mass is 10.3. The molecule has 0 spiro atoms. The third kappa shape index (κ3) is 2.69. The Hall–Kier alpha value is -2.15. The number of hydrogen-bond donors (Lipinski definition) is 3. The van der Waals surface area contributed by atoms with Crippen molar-refractivity contribution in [3.05, 3.63) is 16.4 Å². The first-order chi connectivity index (χ1) is 9.77. The van der Waals surface area contributed by atoms with Crippen LogP contribution >= 0.6 is 15.9 Å². The van der Waals surface area contributed by atoms with Gasteiger partial charge in [-0.15, -0.1) is 5.10 Å². The number of oxime groups is 1. The standard InChI is InChI=1S/C8H11BrN8O3S/c1-16-7(4(3-11-16)6(10)13-18)14-21(19,20)8-5(9)12-15-17(8)2/h3,14,18H,1-2H3,(H2,10,13). The maximum Gasteiger partial charge on any atom is 0.283 e. The second-order valence-corrected chi connectivity index (χ2v) is 6.28. The van der Waals surface area contributed by atoms with Gasteiger partial charge >= 0.3 is 0 Å². The third-order valence-corrected chi connectivity index (χ3v) is 4.77. The van der Waals surface area contributed by atoms with E-state index in [4.69, 9.17) is 10.9 Å². The van der Waals surface area contributed by atoms with Crippen LogP contribution in [0.3, 0.4) is 0 Å². The Kier molecular flexibility index (Phi) is 3.87. The van der Waals surface area contributed by atoms with Gasteiger partial charge in [0.2, 0.25) is 5.03 Å². The molecule has 4 N–H and O–H groups in total. The largest absolute Gasteiger partial charge is 0.409 e. The molecule has 0 amide bonds. The number of amidine groups is 1. The lowest BCUT2D eigenvalue weighted by Crippen LogP contribution is -2.22. The molecule has 2 aromatic rings. The highest BCUT2D eigenvalue weighted by Crippen LogP contribution is 2.23. The average molecular weight is 379 g/mol. The van der Waals surface area contributed by atoms with E-state index in [0.717, 1.165) is 4.68 Å². The fourth-order valence-electron chi connectivity index (χ4n) is 1.58. The van der Waals surface area contributed by atoms with Crippen LogP contribution in [0, 0.1) is 0 Å². The minimum Gasteiger partial charge on any atom is -0.409 e. The van der Waals surface area contributed by atoms with E-state index in [1.54, 1.807) is 0 Å². The Morgan fingerprint density at radius 3 is 2.67 bits per heavy atom. The van der Waals surface area contributed by atoms with Gasteiger partial charge in [-0.05, 0) is 15.9 Å². The highest BCUT2D eigenvalue weighted by Gasteiger charge is 2.27. The molecule has 2 heterocycles. The van der Waals surface area contributed by atoms with Crippen LogP contribution in [-0.2, 0) is 24.1 Å².